The van der Waals surface area contributed by atoms with Gasteiger partial charge in [0.1, 0.15) is 0 Å². The average Bonchev–Trinajstić information content (AvgIpc) is 1.61. The van der Waals surface area contributed by atoms with Crippen LogP contribution in [0.25, 0.3) is 0 Å². The SMILES string of the molecule is NNC=NC(I)I. The van der Waals surface area contributed by atoms with Gasteiger partial charge in [0.25, 0.3) is 0 Å². The molecule has 0 saturated heterocycles. The van der Waals surface area contributed by atoms with Crippen molar-refractivity contribution in [2.75, 3.05) is 0 Å². The second-order valence-corrected chi connectivity index (χ2v) is 5.47. The lowest BCUT2D eigenvalue weighted by Gasteiger charge is -1.87. The normalized spacial score (nSPS) is 10.9. The molecule has 0 heterocycles. The molecule has 0 aliphatic rings. The number of hydrazine groups is 1. The molecule has 0 spiro atoms. The van der Waals surface area contributed by atoms with Gasteiger partial charge >= 0.3 is 0 Å². The van der Waals surface area contributed by atoms with Crippen LogP contribution in [0.3, 0.4) is 0 Å². The zero-order chi connectivity index (χ0) is 5.70. The Morgan fingerprint density at radius 3 is 2.43 bits per heavy atom. The van der Waals surface area contributed by atoms with Crippen molar-refractivity contribution in [3.05, 3.63) is 0 Å². The van der Waals surface area contributed by atoms with Crippen molar-refractivity contribution in [3.8, 4) is 0 Å². The lowest BCUT2D eigenvalue weighted by molar-refractivity contribution is 1.05. The van der Waals surface area contributed by atoms with Crippen LogP contribution in [0.2, 0.25) is 0 Å². The van der Waals surface area contributed by atoms with Crippen molar-refractivity contribution in [3.63, 3.8) is 0 Å². The maximum atomic E-state index is 4.87. The van der Waals surface area contributed by atoms with Crippen LogP contribution < -0.4 is 11.3 Å². The molecule has 0 saturated carbocycles. The van der Waals surface area contributed by atoms with E-state index < -0.39 is 0 Å². The van der Waals surface area contributed by atoms with E-state index in [0.717, 1.165) is 0 Å². The fourth-order valence-corrected chi connectivity index (χ4v) is 0.421. The molecule has 0 aromatic heterocycles. The van der Waals surface area contributed by atoms with Gasteiger partial charge in [0.05, 0.1) is 6.34 Å². The summed E-state index contributed by atoms with van der Waals surface area (Å²) in [6.45, 7) is 0. The zero-order valence-electron chi connectivity index (χ0n) is 3.44. The van der Waals surface area contributed by atoms with Gasteiger partial charge in [-0.25, -0.2) is 5.84 Å². The van der Waals surface area contributed by atoms with Crippen LogP contribution in [0.5, 0.6) is 0 Å². The van der Waals surface area contributed by atoms with Gasteiger partial charge in [-0.05, 0) is 45.2 Å². The molecule has 0 unspecified atom stereocenters. The molecule has 0 radical (unpaired) electrons. The lowest BCUT2D eigenvalue weighted by atomic mass is 11.2. The summed E-state index contributed by atoms with van der Waals surface area (Å²) >= 11 is 4.32. The average molecular weight is 325 g/mol. The van der Waals surface area contributed by atoms with Gasteiger partial charge in [0.2, 0.25) is 0 Å². The Morgan fingerprint density at radius 1 is 1.71 bits per heavy atom. The fraction of sp³-hybridized carbons (Fsp3) is 0.500. The van der Waals surface area contributed by atoms with E-state index in [1.165, 1.54) is 6.34 Å². The van der Waals surface area contributed by atoms with Gasteiger partial charge < -0.3 is 5.43 Å². The topological polar surface area (TPSA) is 50.4 Å². The fourth-order valence-electron chi connectivity index (χ4n) is 0.0994. The van der Waals surface area contributed by atoms with Crippen LogP contribution in [0, 0.1) is 0 Å². The number of hydrogen-bond acceptors (Lipinski definition) is 2. The summed E-state index contributed by atoms with van der Waals surface area (Å²) in [6.07, 6.45) is 1.46. The van der Waals surface area contributed by atoms with E-state index in [1.54, 1.807) is 0 Å². The highest BCUT2D eigenvalue weighted by molar-refractivity contribution is 14.2. The third kappa shape index (κ3) is 6.89. The van der Waals surface area contributed by atoms with Crippen molar-refractivity contribution < 1.29 is 0 Å². The quantitative estimate of drug-likeness (QED) is 0.149. The molecule has 7 heavy (non-hydrogen) atoms. The number of aliphatic imine (C=N–C) groups is 1. The van der Waals surface area contributed by atoms with Crippen LogP contribution in [0.4, 0.5) is 0 Å². The van der Waals surface area contributed by atoms with Crippen molar-refractivity contribution in [2.45, 2.75) is 2.06 Å². The second-order valence-electron chi connectivity index (χ2n) is 0.722. The summed E-state index contributed by atoms with van der Waals surface area (Å²) in [4.78, 5) is 3.86. The zero-order valence-corrected chi connectivity index (χ0v) is 7.75. The van der Waals surface area contributed by atoms with Crippen LogP contribution >= 0.6 is 45.2 Å². The number of nitrogens with zero attached hydrogens (tertiary/aromatic N) is 1. The van der Waals surface area contributed by atoms with Crippen LogP contribution in [0.1, 0.15) is 0 Å². The Morgan fingerprint density at radius 2 is 2.29 bits per heavy atom. The largest absolute Gasteiger partial charge is 0.315 e. The smallest absolute Gasteiger partial charge is 0.153 e. The number of nitrogens with one attached hydrogen (secondary N) is 1. The maximum absolute atomic E-state index is 4.87. The molecule has 0 amide bonds. The first-order valence-electron chi connectivity index (χ1n) is 1.53. The van der Waals surface area contributed by atoms with E-state index in [-0.39, 0.29) is 2.06 Å². The highest BCUT2D eigenvalue weighted by Crippen LogP contribution is 2.08. The van der Waals surface area contributed by atoms with E-state index in [9.17, 15) is 0 Å². The highest BCUT2D eigenvalue weighted by atomic mass is 127. The molecular formula is C2H5I2N3. The lowest BCUT2D eigenvalue weighted by Crippen LogP contribution is -2.19. The van der Waals surface area contributed by atoms with E-state index in [1.807, 2.05) is 0 Å². The van der Waals surface area contributed by atoms with Crippen molar-refractivity contribution in [1.82, 2.24) is 5.43 Å². The minimum atomic E-state index is 0.270. The van der Waals surface area contributed by atoms with Gasteiger partial charge in [-0.3, -0.25) is 4.99 Å². The number of rotatable bonds is 2. The Balaban J connectivity index is 3.08. The number of hydrogen-bond donors (Lipinski definition) is 2. The van der Waals surface area contributed by atoms with E-state index in [0.29, 0.717) is 0 Å². The molecule has 0 bridgehead atoms. The summed E-state index contributed by atoms with van der Waals surface area (Å²) in [7, 11) is 0. The van der Waals surface area contributed by atoms with Gasteiger partial charge in [-0.2, -0.15) is 0 Å². The summed E-state index contributed by atoms with van der Waals surface area (Å²) in [5, 5.41) is 0. The first-order valence-corrected chi connectivity index (χ1v) is 4.02. The Hall–Kier alpha value is 0.890. The van der Waals surface area contributed by atoms with E-state index in [4.69, 9.17) is 5.84 Å². The van der Waals surface area contributed by atoms with E-state index in [2.05, 4.69) is 55.6 Å². The predicted molar refractivity (Wildman–Crippen MR) is 47.6 cm³/mol. The second kappa shape index (κ2) is 5.04. The molecule has 0 rings (SSSR count). The molecule has 0 atom stereocenters. The number of alkyl halides is 2. The molecule has 0 aromatic rings. The van der Waals surface area contributed by atoms with Crippen molar-refractivity contribution in [2.24, 2.45) is 10.8 Å². The predicted octanol–water partition coefficient (Wildman–Crippen LogP) is 0.632. The molecule has 0 aromatic carbocycles. The molecular weight excluding hydrogens is 320 g/mol. The molecule has 0 aliphatic carbocycles. The first kappa shape index (κ1) is 7.89. The Bertz CT molecular complexity index is 62.0. The van der Waals surface area contributed by atoms with Gasteiger partial charge in [-0.1, -0.05) is 0 Å². The maximum Gasteiger partial charge on any atom is 0.153 e. The molecule has 5 heteroatoms. The molecule has 3 nitrogen and oxygen atoms in total. The first-order chi connectivity index (χ1) is 3.27. The summed E-state index contributed by atoms with van der Waals surface area (Å²) in [5.74, 6) is 4.87. The monoisotopic (exact) mass is 325 g/mol. The minimum absolute atomic E-state index is 0.270. The van der Waals surface area contributed by atoms with Crippen molar-refractivity contribution >= 4 is 51.5 Å². The Labute approximate surface area is 69.4 Å². The third-order valence-corrected chi connectivity index (χ3v) is 0.905. The standard InChI is InChI=1S/C2H5I2N3/c3-2(4)6-1-7-5/h1-2H,5H2,(H,6,7). The third-order valence-electron chi connectivity index (χ3n) is 0.262. The Kier molecular flexibility index (Phi) is 5.68. The minimum Gasteiger partial charge on any atom is -0.315 e. The molecule has 0 aliphatic heterocycles. The van der Waals surface area contributed by atoms with E-state index >= 15 is 0 Å². The van der Waals surface area contributed by atoms with Crippen LogP contribution in [-0.2, 0) is 0 Å². The number of nitrogens with two attached hydrogens (primary N) is 1. The number of halogens is 2. The molecule has 42 valence electrons. The van der Waals surface area contributed by atoms with Crippen LogP contribution in [-0.4, -0.2) is 8.39 Å². The molecule has 3 N–H and O–H groups in total. The van der Waals surface area contributed by atoms with Gasteiger partial charge in [-0.15, -0.1) is 0 Å². The van der Waals surface area contributed by atoms with Crippen LogP contribution in [0.15, 0.2) is 4.99 Å². The summed E-state index contributed by atoms with van der Waals surface area (Å²) in [5.41, 5.74) is 2.30. The van der Waals surface area contributed by atoms with Gasteiger partial charge in [0.15, 0.2) is 2.06 Å². The molecule has 0 fully saturated rings. The summed E-state index contributed by atoms with van der Waals surface area (Å²) < 4.78 is 0.270. The van der Waals surface area contributed by atoms with Gasteiger partial charge in [0, 0.05) is 0 Å². The van der Waals surface area contributed by atoms with Crippen molar-refractivity contribution in [1.29, 1.82) is 0 Å². The highest BCUT2D eigenvalue weighted by Gasteiger charge is 1.83. The summed E-state index contributed by atoms with van der Waals surface area (Å²) in [6, 6.07) is 0.